The van der Waals surface area contributed by atoms with Crippen molar-refractivity contribution in [2.24, 2.45) is 0 Å². The van der Waals surface area contributed by atoms with E-state index in [1.54, 1.807) is 38.6 Å². The average molecular weight is 431 g/mol. The summed E-state index contributed by atoms with van der Waals surface area (Å²) in [6.07, 6.45) is 1.80. The smallest absolute Gasteiger partial charge is 0.407 e. The van der Waals surface area contributed by atoms with Crippen molar-refractivity contribution in [3.63, 3.8) is 0 Å². The number of carbonyl (C=O) groups excluding carboxylic acids is 2. The number of fused-ring (bicyclic) bond motifs is 3. The first-order valence-electron chi connectivity index (χ1n) is 10.3. The van der Waals surface area contributed by atoms with Crippen LogP contribution in [0.25, 0.3) is 11.4 Å². The Labute approximate surface area is 181 Å². The van der Waals surface area contributed by atoms with Gasteiger partial charge in [-0.3, -0.25) is 4.68 Å². The van der Waals surface area contributed by atoms with E-state index in [-0.39, 0.29) is 25.6 Å². The second kappa shape index (κ2) is 8.16. The van der Waals surface area contributed by atoms with Crippen LogP contribution in [0.4, 0.5) is 10.7 Å². The summed E-state index contributed by atoms with van der Waals surface area (Å²) in [5.74, 6) is -0.324. The monoisotopic (exact) mass is 430 g/mol. The Morgan fingerprint density at radius 1 is 1.29 bits per heavy atom. The Morgan fingerprint density at radius 3 is 2.65 bits per heavy atom. The number of nitrogen functional groups attached to an aromatic ring is 1. The normalized spacial score (nSPS) is 14.4. The molecular formula is C21H30N6O4. The molecule has 10 heteroatoms. The SMILES string of the molecule is CCOC(=O)c1c2c(nn1CCNC(=O)OC(C)(C)C)-c1nc(N)ncc1CC2(C)C. The number of amides is 1. The molecule has 31 heavy (non-hydrogen) atoms. The van der Waals surface area contributed by atoms with E-state index in [0.29, 0.717) is 23.5 Å². The Kier molecular flexibility index (Phi) is 5.93. The molecule has 2 aromatic rings. The molecule has 3 rings (SSSR count). The number of nitrogens with one attached hydrogen (secondary N) is 1. The Balaban J connectivity index is 1.99. The summed E-state index contributed by atoms with van der Waals surface area (Å²) in [5.41, 5.74) is 8.04. The molecule has 2 heterocycles. The van der Waals surface area contributed by atoms with Gasteiger partial charge in [-0.2, -0.15) is 5.10 Å². The van der Waals surface area contributed by atoms with E-state index in [9.17, 15) is 9.59 Å². The molecule has 0 saturated heterocycles. The molecule has 0 spiro atoms. The Morgan fingerprint density at radius 2 is 2.00 bits per heavy atom. The van der Waals surface area contributed by atoms with Gasteiger partial charge < -0.3 is 20.5 Å². The van der Waals surface area contributed by atoms with Gasteiger partial charge in [0, 0.05) is 18.3 Å². The average Bonchev–Trinajstić information content (AvgIpc) is 3.02. The van der Waals surface area contributed by atoms with Gasteiger partial charge in [-0.25, -0.2) is 19.6 Å². The summed E-state index contributed by atoms with van der Waals surface area (Å²) in [6.45, 7) is 11.9. The van der Waals surface area contributed by atoms with Crippen LogP contribution >= 0.6 is 0 Å². The number of nitrogens with two attached hydrogens (primary N) is 1. The summed E-state index contributed by atoms with van der Waals surface area (Å²) in [5, 5.41) is 7.38. The highest BCUT2D eigenvalue weighted by Crippen LogP contribution is 2.43. The molecule has 0 radical (unpaired) electrons. The Bertz CT molecular complexity index is 1010. The van der Waals surface area contributed by atoms with Gasteiger partial charge in [0.25, 0.3) is 0 Å². The van der Waals surface area contributed by atoms with Crippen molar-refractivity contribution < 1.29 is 19.1 Å². The van der Waals surface area contributed by atoms with E-state index in [1.165, 1.54) is 0 Å². The maximum Gasteiger partial charge on any atom is 0.407 e. The summed E-state index contributed by atoms with van der Waals surface area (Å²) in [4.78, 5) is 33.4. The first-order chi connectivity index (χ1) is 14.4. The van der Waals surface area contributed by atoms with Gasteiger partial charge >= 0.3 is 12.1 Å². The lowest BCUT2D eigenvalue weighted by molar-refractivity contribution is 0.0508. The third-order valence-electron chi connectivity index (χ3n) is 4.83. The first kappa shape index (κ1) is 22.5. The van der Waals surface area contributed by atoms with Crippen LogP contribution in [-0.2, 0) is 27.9 Å². The van der Waals surface area contributed by atoms with E-state index in [0.717, 1.165) is 11.1 Å². The number of rotatable bonds is 5. The Hall–Kier alpha value is -3.17. The fourth-order valence-corrected chi connectivity index (χ4v) is 3.73. The molecule has 0 fully saturated rings. The third kappa shape index (κ3) is 4.78. The van der Waals surface area contributed by atoms with Gasteiger partial charge in [0.2, 0.25) is 5.95 Å². The summed E-state index contributed by atoms with van der Waals surface area (Å²) >= 11 is 0. The second-order valence-electron chi connectivity index (χ2n) is 9.11. The van der Waals surface area contributed by atoms with E-state index in [4.69, 9.17) is 15.2 Å². The van der Waals surface area contributed by atoms with Crippen LogP contribution in [-0.4, -0.2) is 50.6 Å². The van der Waals surface area contributed by atoms with Crippen LogP contribution < -0.4 is 11.1 Å². The lowest BCUT2D eigenvalue weighted by Crippen LogP contribution is -2.34. The quantitative estimate of drug-likeness (QED) is 0.691. The van der Waals surface area contributed by atoms with Crippen molar-refractivity contribution >= 4 is 18.0 Å². The lowest BCUT2D eigenvalue weighted by Gasteiger charge is -2.30. The summed E-state index contributed by atoms with van der Waals surface area (Å²) < 4.78 is 12.2. The zero-order valence-electron chi connectivity index (χ0n) is 18.9. The van der Waals surface area contributed by atoms with E-state index < -0.39 is 23.1 Å². The molecule has 0 saturated carbocycles. The van der Waals surface area contributed by atoms with Crippen molar-refractivity contribution in [3.05, 3.63) is 23.0 Å². The molecule has 10 nitrogen and oxygen atoms in total. The third-order valence-corrected chi connectivity index (χ3v) is 4.83. The van der Waals surface area contributed by atoms with Crippen molar-refractivity contribution in [1.82, 2.24) is 25.1 Å². The standard InChI is InChI=1S/C21H30N6O4/c1-7-30-17(28)16-13-15(14-12(10-21(13,5)6)11-24-18(22)25-14)26-27(16)9-8-23-19(29)31-20(2,3)4/h11H,7-10H2,1-6H3,(H,23,29)(H2,22,24,25). The van der Waals surface area contributed by atoms with Gasteiger partial charge in [-0.15, -0.1) is 0 Å². The minimum atomic E-state index is -0.599. The number of nitrogens with zero attached hydrogens (tertiary/aromatic N) is 4. The highest BCUT2D eigenvalue weighted by molar-refractivity contribution is 5.93. The fraction of sp³-hybridized carbons (Fsp3) is 0.571. The molecule has 0 unspecified atom stereocenters. The number of hydrogen-bond acceptors (Lipinski definition) is 8. The van der Waals surface area contributed by atoms with Gasteiger partial charge in [-0.1, -0.05) is 13.8 Å². The van der Waals surface area contributed by atoms with E-state index >= 15 is 0 Å². The second-order valence-corrected chi connectivity index (χ2v) is 9.11. The zero-order chi connectivity index (χ0) is 23.0. The van der Waals surface area contributed by atoms with Crippen molar-refractivity contribution in [1.29, 1.82) is 0 Å². The molecule has 0 atom stereocenters. The van der Waals surface area contributed by atoms with Crippen LogP contribution in [0.5, 0.6) is 0 Å². The molecular weight excluding hydrogens is 400 g/mol. The lowest BCUT2D eigenvalue weighted by atomic mass is 9.73. The highest BCUT2D eigenvalue weighted by Gasteiger charge is 2.40. The van der Waals surface area contributed by atoms with E-state index in [2.05, 4.69) is 20.4 Å². The number of esters is 1. The molecule has 1 aliphatic rings. The number of carbonyl (C=O) groups is 2. The largest absolute Gasteiger partial charge is 0.461 e. The zero-order valence-corrected chi connectivity index (χ0v) is 18.9. The molecule has 2 aromatic heterocycles. The van der Waals surface area contributed by atoms with Crippen molar-refractivity contribution in [2.75, 3.05) is 18.9 Å². The number of aromatic nitrogens is 4. The molecule has 0 aromatic carbocycles. The van der Waals surface area contributed by atoms with Crippen LogP contribution in [0.2, 0.25) is 0 Å². The van der Waals surface area contributed by atoms with Crippen molar-refractivity contribution in [3.8, 4) is 11.4 Å². The van der Waals surface area contributed by atoms with Crippen molar-refractivity contribution in [2.45, 2.75) is 65.5 Å². The highest BCUT2D eigenvalue weighted by atomic mass is 16.6. The maximum absolute atomic E-state index is 12.9. The number of alkyl carbamates (subject to hydrolysis) is 1. The topological polar surface area (TPSA) is 134 Å². The van der Waals surface area contributed by atoms with Gasteiger partial charge in [0.05, 0.1) is 18.8 Å². The van der Waals surface area contributed by atoms with E-state index in [1.807, 2.05) is 13.8 Å². The molecule has 168 valence electrons. The van der Waals surface area contributed by atoms with Gasteiger partial charge in [0.15, 0.2) is 5.69 Å². The molecule has 0 bridgehead atoms. The fourth-order valence-electron chi connectivity index (χ4n) is 3.73. The minimum absolute atomic E-state index is 0.142. The molecule has 0 aliphatic heterocycles. The molecule has 1 amide bonds. The van der Waals surface area contributed by atoms with Crippen LogP contribution in [0.15, 0.2) is 6.20 Å². The van der Waals surface area contributed by atoms with Crippen LogP contribution in [0.1, 0.15) is 63.2 Å². The van der Waals surface area contributed by atoms with Crippen LogP contribution in [0, 0.1) is 0 Å². The number of ether oxygens (including phenoxy) is 2. The predicted octanol–water partition coefficient (Wildman–Crippen LogP) is 2.46. The predicted molar refractivity (Wildman–Crippen MR) is 115 cm³/mol. The number of hydrogen-bond donors (Lipinski definition) is 2. The summed E-state index contributed by atoms with van der Waals surface area (Å²) in [7, 11) is 0. The first-order valence-corrected chi connectivity index (χ1v) is 10.3. The molecule has 3 N–H and O–H groups in total. The number of anilines is 1. The van der Waals surface area contributed by atoms with Gasteiger partial charge in [-0.05, 0) is 45.1 Å². The molecule has 1 aliphatic carbocycles. The van der Waals surface area contributed by atoms with Crippen LogP contribution in [0.3, 0.4) is 0 Å². The minimum Gasteiger partial charge on any atom is -0.461 e. The maximum atomic E-state index is 12.9. The van der Waals surface area contributed by atoms with Gasteiger partial charge in [0.1, 0.15) is 11.3 Å². The summed E-state index contributed by atoms with van der Waals surface area (Å²) in [6, 6.07) is 0.